The molecule has 292 valence electrons. The van der Waals surface area contributed by atoms with Crippen molar-refractivity contribution in [2.45, 2.75) is 87.2 Å². The van der Waals surface area contributed by atoms with Crippen LogP contribution in [0.25, 0.3) is 0 Å². The largest absolute Gasteiger partial charge is 0.455 e. The minimum Gasteiger partial charge on any atom is -0.455 e. The molecule has 54 heavy (non-hydrogen) atoms. The van der Waals surface area contributed by atoms with E-state index in [4.69, 9.17) is 25.8 Å². The number of alkyl halides is 1. The monoisotopic (exact) mass is 827 g/mol. The molecule has 0 radical (unpaired) electrons. The van der Waals surface area contributed by atoms with Crippen LogP contribution in [0.15, 0.2) is 73.8 Å². The summed E-state index contributed by atoms with van der Waals surface area (Å²) in [5.41, 5.74) is 0.392. The fourth-order valence-corrected chi connectivity index (χ4v) is 9.71. The van der Waals surface area contributed by atoms with Crippen LogP contribution < -0.4 is 10.2 Å². The van der Waals surface area contributed by atoms with Gasteiger partial charge >= 0.3 is 5.97 Å². The Morgan fingerprint density at radius 1 is 1.19 bits per heavy atom. The molecule has 2 aromatic rings. The van der Waals surface area contributed by atoms with Crippen molar-refractivity contribution >= 4 is 56.9 Å². The summed E-state index contributed by atoms with van der Waals surface area (Å²) in [4.78, 5) is 60.5. The molecule has 3 aliphatic rings. The Morgan fingerprint density at radius 3 is 2.52 bits per heavy atom. The fraction of sp³-hybridized carbons (Fsp3) is 0.512. The van der Waals surface area contributed by atoms with Gasteiger partial charge in [-0.1, -0.05) is 102 Å². The number of hydrogen-bond acceptors (Lipinski definition) is 8. The van der Waals surface area contributed by atoms with Gasteiger partial charge in [-0.3, -0.25) is 19.2 Å². The van der Waals surface area contributed by atoms with Crippen LogP contribution in [-0.2, 0) is 33.4 Å². The number of carbonyl (C=O) groups excluding carboxylic acids is 4. The normalized spacial score (nSPS) is 26.4. The summed E-state index contributed by atoms with van der Waals surface area (Å²) >= 11 is 10.5. The molecule has 10 atom stereocenters. The van der Waals surface area contributed by atoms with Crippen LogP contribution in [0, 0.1) is 24.7 Å². The van der Waals surface area contributed by atoms with Gasteiger partial charge in [-0.25, -0.2) is 0 Å². The van der Waals surface area contributed by atoms with E-state index in [0.29, 0.717) is 29.1 Å². The standard InChI is InChI=1S/C41H51BrClN3O8/c1-7-10-19-31(48)44-29(23-52-6)35(26-16-12-11-13-17-26)53-40(51)32-33-38(49)46(30(22-47)24(4)9-3)37(41(33)21-27(42)36(32)54-41)39(50)45(20-8-2)34-25(5)15-14-18-28(34)43/h7-8,11-18,24,27,29-30,32-33,35-37,47H,1-2,9-10,19-23H2,3-6H3,(H,44,48)/t24-,27?,29-,30-,32-,33+,35-,36-,37-,41+/m0/s1. The number of benzene rings is 2. The van der Waals surface area contributed by atoms with E-state index in [1.54, 1.807) is 48.6 Å². The Morgan fingerprint density at radius 2 is 1.91 bits per heavy atom. The quantitative estimate of drug-likeness (QED) is 0.111. The number of esters is 1. The van der Waals surface area contributed by atoms with Gasteiger partial charge in [0.2, 0.25) is 11.8 Å². The number of carbonyl (C=O) groups is 4. The summed E-state index contributed by atoms with van der Waals surface area (Å²) in [7, 11) is 1.49. The number of hydrogen-bond donors (Lipinski definition) is 2. The number of rotatable bonds is 18. The molecule has 1 unspecified atom stereocenters. The van der Waals surface area contributed by atoms with Gasteiger partial charge in [-0.2, -0.15) is 0 Å². The van der Waals surface area contributed by atoms with Crippen molar-refractivity contribution in [2.24, 2.45) is 17.8 Å². The Hall–Kier alpha value is -3.55. The maximum atomic E-state index is 15.2. The van der Waals surface area contributed by atoms with Crippen molar-refractivity contribution in [3.63, 3.8) is 0 Å². The number of likely N-dealkylation sites (tertiary alicyclic amines) is 1. The second kappa shape index (κ2) is 17.9. The van der Waals surface area contributed by atoms with Crippen LogP contribution >= 0.6 is 27.5 Å². The number of halogens is 2. The molecule has 0 aromatic heterocycles. The van der Waals surface area contributed by atoms with Crippen molar-refractivity contribution in [1.82, 2.24) is 10.2 Å². The molecule has 3 amide bonds. The Bertz CT molecular complexity index is 1690. The van der Waals surface area contributed by atoms with Crippen LogP contribution in [0.3, 0.4) is 0 Å². The lowest BCUT2D eigenvalue weighted by molar-refractivity contribution is -0.163. The molecular weight excluding hydrogens is 778 g/mol. The van der Waals surface area contributed by atoms with Gasteiger partial charge in [0.25, 0.3) is 5.91 Å². The molecule has 11 nitrogen and oxygen atoms in total. The second-order valence-corrected chi connectivity index (χ2v) is 16.0. The van der Waals surface area contributed by atoms with Gasteiger partial charge in [-0.15, -0.1) is 13.2 Å². The molecule has 2 N–H and O–H groups in total. The van der Waals surface area contributed by atoms with Crippen LogP contribution in [0.2, 0.25) is 5.02 Å². The Balaban J connectivity index is 1.60. The van der Waals surface area contributed by atoms with Crippen molar-refractivity contribution in [3.05, 3.63) is 90.0 Å². The minimum absolute atomic E-state index is 0.0304. The van der Waals surface area contributed by atoms with E-state index in [1.165, 1.54) is 16.9 Å². The van der Waals surface area contributed by atoms with Crippen molar-refractivity contribution in [2.75, 3.05) is 31.8 Å². The number of anilines is 1. The number of aliphatic hydroxyl groups is 1. The summed E-state index contributed by atoms with van der Waals surface area (Å²) in [6, 6.07) is 11.6. The van der Waals surface area contributed by atoms with E-state index in [2.05, 4.69) is 34.4 Å². The van der Waals surface area contributed by atoms with Crippen LogP contribution in [0.4, 0.5) is 5.69 Å². The number of ether oxygens (including phenoxy) is 3. The lowest BCUT2D eigenvalue weighted by Gasteiger charge is -2.41. The number of para-hydroxylation sites is 1. The first-order chi connectivity index (χ1) is 25.9. The van der Waals surface area contributed by atoms with E-state index in [9.17, 15) is 14.7 Å². The van der Waals surface area contributed by atoms with E-state index in [-0.39, 0.29) is 37.8 Å². The predicted molar refractivity (Wildman–Crippen MR) is 210 cm³/mol. The third kappa shape index (κ3) is 7.77. The molecule has 1 spiro atoms. The smallest absolute Gasteiger partial charge is 0.313 e. The predicted octanol–water partition coefficient (Wildman–Crippen LogP) is 5.70. The summed E-state index contributed by atoms with van der Waals surface area (Å²) in [6.45, 7) is 13.0. The first-order valence-corrected chi connectivity index (χ1v) is 19.8. The molecule has 13 heteroatoms. The first kappa shape index (κ1) is 41.6. The third-order valence-electron chi connectivity index (χ3n) is 11.1. The summed E-state index contributed by atoms with van der Waals surface area (Å²) in [5, 5.41) is 14.2. The number of methoxy groups -OCH3 is 1. The maximum absolute atomic E-state index is 15.2. The number of allylic oxidation sites excluding steroid dienone is 1. The molecule has 3 heterocycles. The highest BCUT2D eigenvalue weighted by molar-refractivity contribution is 9.09. The zero-order valence-electron chi connectivity index (χ0n) is 31.3. The molecule has 3 saturated heterocycles. The van der Waals surface area contributed by atoms with E-state index >= 15 is 9.59 Å². The topological polar surface area (TPSA) is 135 Å². The summed E-state index contributed by atoms with van der Waals surface area (Å²) in [6.07, 6.45) is 2.95. The average Bonchev–Trinajstić information content (AvgIpc) is 3.75. The molecule has 5 rings (SSSR count). The molecule has 0 saturated carbocycles. The third-order valence-corrected chi connectivity index (χ3v) is 12.3. The van der Waals surface area contributed by atoms with E-state index in [0.717, 1.165) is 5.56 Å². The molecular formula is C41H51BrClN3O8. The van der Waals surface area contributed by atoms with Crippen LogP contribution in [0.1, 0.15) is 56.8 Å². The highest BCUT2D eigenvalue weighted by Gasteiger charge is 2.78. The highest BCUT2D eigenvalue weighted by Crippen LogP contribution is 2.61. The summed E-state index contributed by atoms with van der Waals surface area (Å²) in [5.74, 6) is -4.32. The van der Waals surface area contributed by atoms with E-state index in [1.807, 2.05) is 32.9 Å². The van der Waals surface area contributed by atoms with Gasteiger partial charge in [0.1, 0.15) is 17.7 Å². The average molecular weight is 829 g/mol. The number of nitrogens with one attached hydrogen (secondary N) is 1. The van der Waals surface area contributed by atoms with Gasteiger partial charge in [0.05, 0.1) is 53.9 Å². The van der Waals surface area contributed by atoms with Gasteiger partial charge in [0.15, 0.2) is 0 Å². The zero-order valence-corrected chi connectivity index (χ0v) is 33.6. The lowest BCUT2D eigenvalue weighted by Crippen LogP contribution is -2.60. The van der Waals surface area contributed by atoms with Gasteiger partial charge in [0, 0.05) is 24.9 Å². The van der Waals surface area contributed by atoms with Crippen LogP contribution in [-0.4, -0.2) is 95.2 Å². The lowest BCUT2D eigenvalue weighted by atomic mass is 9.70. The molecule has 0 aliphatic carbocycles. The van der Waals surface area contributed by atoms with E-state index < -0.39 is 77.0 Å². The Kier molecular flexibility index (Phi) is 13.8. The zero-order chi connectivity index (χ0) is 39.3. The molecule has 3 fully saturated rings. The van der Waals surface area contributed by atoms with Crippen molar-refractivity contribution in [3.8, 4) is 0 Å². The molecule has 2 bridgehead atoms. The maximum Gasteiger partial charge on any atom is 0.313 e. The second-order valence-electron chi connectivity index (χ2n) is 14.4. The number of aryl methyl sites for hydroxylation is 1. The number of aliphatic hydroxyl groups excluding tert-OH is 1. The summed E-state index contributed by atoms with van der Waals surface area (Å²) < 4.78 is 18.7. The Labute approximate surface area is 331 Å². The van der Waals surface area contributed by atoms with Crippen LogP contribution in [0.5, 0.6) is 0 Å². The van der Waals surface area contributed by atoms with Crippen molar-refractivity contribution in [1.29, 1.82) is 0 Å². The van der Waals surface area contributed by atoms with Gasteiger partial charge in [-0.05, 0) is 42.9 Å². The SMILES string of the molecule is C=CCCC(=O)N[C@@H](COC)[C@@H](OC(=O)[C@@H]1[C@H]2O[C@@]3(CC2Br)[C@H](C(=O)N(CC=C)c2c(C)cccc2Cl)N([C@@H](CO)[C@@H](C)CC)C(=O)[C@@H]13)c1ccccc1. The highest BCUT2D eigenvalue weighted by atomic mass is 79.9. The minimum atomic E-state index is -1.45. The first-order valence-electron chi connectivity index (χ1n) is 18.5. The molecule has 2 aromatic carbocycles. The number of nitrogens with zero attached hydrogens (tertiary/aromatic N) is 2. The number of amides is 3. The molecule has 3 aliphatic heterocycles. The fourth-order valence-electron chi connectivity index (χ4n) is 8.45. The van der Waals surface area contributed by atoms with Gasteiger partial charge < -0.3 is 34.4 Å². The number of fused-ring (bicyclic) bond motifs is 1. The van der Waals surface area contributed by atoms with Crippen molar-refractivity contribution < 1.29 is 38.5 Å².